The summed E-state index contributed by atoms with van der Waals surface area (Å²) >= 11 is 6.04. The molecule has 0 bridgehead atoms. The number of aromatic nitrogens is 1. The molecule has 0 atom stereocenters. The van der Waals surface area contributed by atoms with Crippen LogP contribution in [0.25, 0.3) is 0 Å². The van der Waals surface area contributed by atoms with Crippen LogP contribution in [-0.4, -0.2) is 36.8 Å². The minimum absolute atomic E-state index is 0.0828. The Morgan fingerprint density at radius 1 is 1.65 bits per heavy atom. The number of hydrogen-bond donors (Lipinski definition) is 2. The number of nitrogens with one attached hydrogen (secondary N) is 1. The van der Waals surface area contributed by atoms with Gasteiger partial charge in [0.25, 0.3) is 0 Å². The third-order valence-electron chi connectivity index (χ3n) is 2.33. The minimum Gasteiger partial charge on any atom is -0.395 e. The van der Waals surface area contributed by atoms with Gasteiger partial charge in [-0.1, -0.05) is 17.7 Å². The smallest absolute Gasteiger partial charge is 0.129 e. The highest BCUT2D eigenvalue weighted by Crippen LogP contribution is 2.20. The predicted molar refractivity (Wildman–Crippen MR) is 71.5 cm³/mol. The molecule has 0 aliphatic rings. The van der Waals surface area contributed by atoms with E-state index in [4.69, 9.17) is 16.7 Å². The zero-order valence-electron chi connectivity index (χ0n) is 9.99. The van der Waals surface area contributed by atoms with Crippen LogP contribution in [0.2, 0.25) is 5.02 Å². The highest BCUT2D eigenvalue weighted by molar-refractivity contribution is 6.31. The molecule has 0 aliphatic heterocycles. The molecule has 0 aromatic carbocycles. The van der Waals surface area contributed by atoms with Gasteiger partial charge in [0.05, 0.1) is 11.6 Å². The zero-order chi connectivity index (χ0) is 12.7. The largest absolute Gasteiger partial charge is 0.395 e. The average molecular weight is 256 g/mol. The van der Waals surface area contributed by atoms with Gasteiger partial charge < -0.3 is 15.3 Å². The molecular weight excluding hydrogens is 238 g/mol. The molecule has 1 heterocycles. The van der Waals surface area contributed by atoms with Crippen LogP contribution in [0.3, 0.4) is 0 Å². The molecule has 1 rings (SSSR count). The van der Waals surface area contributed by atoms with Gasteiger partial charge in [-0.25, -0.2) is 4.98 Å². The second kappa shape index (κ2) is 7.27. The Bertz CT molecular complexity index is 371. The molecule has 94 valence electrons. The van der Waals surface area contributed by atoms with E-state index in [0.717, 1.165) is 11.4 Å². The van der Waals surface area contributed by atoms with Crippen LogP contribution in [-0.2, 0) is 6.54 Å². The van der Waals surface area contributed by atoms with Crippen molar-refractivity contribution in [1.82, 2.24) is 10.3 Å². The summed E-state index contributed by atoms with van der Waals surface area (Å²) in [6.07, 6.45) is 3.42. The van der Waals surface area contributed by atoms with Crippen LogP contribution in [0.15, 0.2) is 24.9 Å². The number of nitrogens with zero attached hydrogens (tertiary/aromatic N) is 2. The molecule has 5 heteroatoms. The van der Waals surface area contributed by atoms with Crippen molar-refractivity contribution in [2.24, 2.45) is 0 Å². The monoisotopic (exact) mass is 255 g/mol. The van der Waals surface area contributed by atoms with Gasteiger partial charge in [-0.15, -0.1) is 6.58 Å². The molecule has 1 aromatic heterocycles. The minimum atomic E-state index is 0.0828. The number of halogens is 1. The Morgan fingerprint density at radius 2 is 2.41 bits per heavy atom. The highest BCUT2D eigenvalue weighted by atomic mass is 35.5. The third-order valence-corrected chi connectivity index (χ3v) is 2.67. The molecule has 0 saturated carbocycles. The van der Waals surface area contributed by atoms with E-state index in [1.165, 1.54) is 0 Å². The maximum atomic E-state index is 9.01. The van der Waals surface area contributed by atoms with Gasteiger partial charge in [-0.05, 0) is 18.7 Å². The number of aliphatic hydroxyl groups excluding tert-OH is 1. The van der Waals surface area contributed by atoms with Crippen LogP contribution in [0.5, 0.6) is 0 Å². The van der Waals surface area contributed by atoms with Crippen LogP contribution >= 0.6 is 11.6 Å². The molecule has 0 radical (unpaired) electrons. The van der Waals surface area contributed by atoms with Crippen molar-refractivity contribution in [3.63, 3.8) is 0 Å². The first-order valence-electron chi connectivity index (χ1n) is 5.48. The lowest BCUT2D eigenvalue weighted by Gasteiger charge is -2.21. The lowest BCUT2D eigenvalue weighted by molar-refractivity contribution is 0.302. The van der Waals surface area contributed by atoms with E-state index in [1.54, 1.807) is 12.3 Å². The Labute approximate surface area is 107 Å². The SMILES string of the molecule is C=CCN(CCO)c1cc(CNC)c(Cl)cn1. The van der Waals surface area contributed by atoms with Crippen LogP contribution in [0.1, 0.15) is 5.56 Å². The van der Waals surface area contributed by atoms with E-state index in [0.29, 0.717) is 24.7 Å². The maximum Gasteiger partial charge on any atom is 0.129 e. The molecule has 17 heavy (non-hydrogen) atoms. The summed E-state index contributed by atoms with van der Waals surface area (Å²) in [4.78, 5) is 6.21. The fourth-order valence-electron chi connectivity index (χ4n) is 1.54. The third kappa shape index (κ3) is 4.00. The molecule has 0 saturated heterocycles. The predicted octanol–water partition coefficient (Wildman–Crippen LogP) is 1.44. The van der Waals surface area contributed by atoms with Gasteiger partial charge in [-0.2, -0.15) is 0 Å². The molecule has 0 unspecified atom stereocenters. The summed E-state index contributed by atoms with van der Waals surface area (Å²) in [5, 5.41) is 12.7. The molecule has 0 spiro atoms. The molecule has 0 fully saturated rings. The summed E-state index contributed by atoms with van der Waals surface area (Å²) in [6.45, 7) is 5.64. The standard InChI is InChI=1S/C12H18ClN3O/c1-3-4-16(5-6-17)12-7-10(8-14-2)11(13)9-15-12/h3,7,9,14,17H,1,4-6,8H2,2H3. The van der Waals surface area contributed by atoms with Crippen LogP contribution in [0, 0.1) is 0 Å². The molecule has 0 aliphatic carbocycles. The average Bonchev–Trinajstić information content (AvgIpc) is 2.32. The fourth-order valence-corrected chi connectivity index (χ4v) is 1.71. The molecule has 1 aromatic rings. The quantitative estimate of drug-likeness (QED) is 0.724. The van der Waals surface area contributed by atoms with Crippen molar-refractivity contribution < 1.29 is 5.11 Å². The number of anilines is 1. The molecule has 2 N–H and O–H groups in total. The maximum absolute atomic E-state index is 9.01. The lowest BCUT2D eigenvalue weighted by Crippen LogP contribution is -2.27. The van der Waals surface area contributed by atoms with Gasteiger partial charge in [0.1, 0.15) is 5.82 Å². The Morgan fingerprint density at radius 3 is 3.00 bits per heavy atom. The molecular formula is C12H18ClN3O. The summed E-state index contributed by atoms with van der Waals surface area (Å²) in [5.74, 6) is 0.800. The number of pyridine rings is 1. The van der Waals surface area contributed by atoms with Gasteiger partial charge in [0.15, 0.2) is 0 Å². The topological polar surface area (TPSA) is 48.4 Å². The van der Waals surface area contributed by atoms with E-state index in [1.807, 2.05) is 18.0 Å². The Kier molecular flexibility index (Phi) is 5.97. The summed E-state index contributed by atoms with van der Waals surface area (Å²) in [7, 11) is 1.87. The normalized spacial score (nSPS) is 10.3. The van der Waals surface area contributed by atoms with Crippen molar-refractivity contribution in [3.05, 3.63) is 35.5 Å². The van der Waals surface area contributed by atoms with Gasteiger partial charge in [0, 0.05) is 25.8 Å². The van der Waals surface area contributed by atoms with E-state index < -0.39 is 0 Å². The van der Waals surface area contributed by atoms with E-state index in [-0.39, 0.29) is 6.61 Å². The summed E-state index contributed by atoms with van der Waals surface area (Å²) in [5.41, 5.74) is 0.992. The van der Waals surface area contributed by atoms with Crippen molar-refractivity contribution in [2.75, 3.05) is 31.6 Å². The van der Waals surface area contributed by atoms with Crippen LogP contribution < -0.4 is 10.2 Å². The number of hydrogen-bond acceptors (Lipinski definition) is 4. The second-order valence-electron chi connectivity index (χ2n) is 3.62. The summed E-state index contributed by atoms with van der Waals surface area (Å²) < 4.78 is 0. The number of aliphatic hydroxyl groups is 1. The summed E-state index contributed by atoms with van der Waals surface area (Å²) in [6, 6.07) is 1.93. The first kappa shape index (κ1) is 14.0. The van der Waals surface area contributed by atoms with Crippen LogP contribution in [0.4, 0.5) is 5.82 Å². The van der Waals surface area contributed by atoms with E-state index >= 15 is 0 Å². The first-order chi connectivity index (χ1) is 8.22. The molecule has 0 amide bonds. The van der Waals surface area contributed by atoms with Gasteiger partial charge >= 0.3 is 0 Å². The Balaban J connectivity index is 2.94. The van der Waals surface area contributed by atoms with Crippen molar-refractivity contribution in [1.29, 1.82) is 0 Å². The van der Waals surface area contributed by atoms with E-state index in [9.17, 15) is 0 Å². The fraction of sp³-hybridized carbons (Fsp3) is 0.417. The number of rotatable bonds is 7. The van der Waals surface area contributed by atoms with E-state index in [2.05, 4.69) is 16.9 Å². The van der Waals surface area contributed by atoms with Gasteiger partial charge in [0.2, 0.25) is 0 Å². The lowest BCUT2D eigenvalue weighted by atomic mass is 10.2. The first-order valence-corrected chi connectivity index (χ1v) is 5.86. The highest BCUT2D eigenvalue weighted by Gasteiger charge is 2.08. The van der Waals surface area contributed by atoms with Crippen molar-refractivity contribution >= 4 is 17.4 Å². The van der Waals surface area contributed by atoms with Crippen molar-refractivity contribution in [2.45, 2.75) is 6.54 Å². The zero-order valence-corrected chi connectivity index (χ0v) is 10.7. The second-order valence-corrected chi connectivity index (χ2v) is 4.03. The molecule has 4 nitrogen and oxygen atoms in total. The van der Waals surface area contributed by atoms with Crippen molar-refractivity contribution in [3.8, 4) is 0 Å². The van der Waals surface area contributed by atoms with Gasteiger partial charge in [-0.3, -0.25) is 0 Å². The Hall–Kier alpha value is -1.10.